The maximum atomic E-state index is 10.9. The van der Waals surface area contributed by atoms with E-state index >= 15 is 0 Å². The summed E-state index contributed by atoms with van der Waals surface area (Å²) in [6, 6.07) is 4.69. The van der Waals surface area contributed by atoms with Crippen molar-refractivity contribution in [1.82, 2.24) is 0 Å². The van der Waals surface area contributed by atoms with Crippen molar-refractivity contribution in [2.24, 2.45) is 5.73 Å². The molecule has 5 nitrogen and oxygen atoms in total. The summed E-state index contributed by atoms with van der Waals surface area (Å²) in [5.41, 5.74) is 11.0. The zero-order chi connectivity index (χ0) is 10.3. The van der Waals surface area contributed by atoms with Gasteiger partial charge in [0.2, 0.25) is 5.76 Å². The summed E-state index contributed by atoms with van der Waals surface area (Å²) < 4.78 is 5.04. The molecule has 0 atom stereocenters. The molecule has 0 aliphatic heterocycles. The van der Waals surface area contributed by atoms with Crippen molar-refractivity contribution < 1.29 is 14.3 Å². The molecule has 0 aliphatic carbocycles. The van der Waals surface area contributed by atoms with Crippen molar-refractivity contribution in [3.63, 3.8) is 0 Å². The lowest BCUT2D eigenvalue weighted by atomic mass is 10.2. The van der Waals surface area contributed by atoms with Crippen molar-refractivity contribution >= 4 is 39.5 Å². The van der Waals surface area contributed by atoms with E-state index in [0.717, 1.165) is 0 Å². The maximum Gasteiger partial charge on any atom is 0.286 e. The lowest BCUT2D eigenvalue weighted by molar-refractivity contribution is 0.0977. The van der Waals surface area contributed by atoms with E-state index in [2.05, 4.69) is 0 Å². The summed E-state index contributed by atoms with van der Waals surface area (Å²) in [6.07, 6.45) is 0. The second-order valence-corrected chi connectivity index (χ2v) is 2.86. The number of aromatic hydroxyl groups is 1. The van der Waals surface area contributed by atoms with Crippen LogP contribution in [0.1, 0.15) is 10.6 Å². The highest BCUT2D eigenvalue weighted by molar-refractivity contribution is 8.93. The zero-order valence-electron chi connectivity index (χ0n) is 7.56. The number of halogens is 1. The molecule has 1 heterocycles. The van der Waals surface area contributed by atoms with Gasteiger partial charge in [0, 0.05) is 5.39 Å². The Morgan fingerprint density at radius 2 is 2.07 bits per heavy atom. The third-order valence-electron chi connectivity index (χ3n) is 1.96. The lowest BCUT2D eigenvalue weighted by Gasteiger charge is -1.90. The van der Waals surface area contributed by atoms with Crippen LogP contribution in [0.15, 0.2) is 22.6 Å². The van der Waals surface area contributed by atoms with Crippen LogP contribution in [0.2, 0.25) is 0 Å². The summed E-state index contributed by atoms with van der Waals surface area (Å²) in [6.45, 7) is 0. The topological polar surface area (TPSA) is 102 Å². The van der Waals surface area contributed by atoms with Crippen molar-refractivity contribution in [3.05, 3.63) is 24.0 Å². The summed E-state index contributed by atoms with van der Waals surface area (Å²) in [5.74, 6) is -0.943. The third-order valence-corrected chi connectivity index (χ3v) is 1.96. The molecule has 2 aromatic rings. The highest BCUT2D eigenvalue weighted by Gasteiger charge is 2.17. The molecule has 0 aliphatic rings. The van der Waals surface area contributed by atoms with Crippen LogP contribution in [0.4, 0.5) is 5.69 Å². The van der Waals surface area contributed by atoms with Gasteiger partial charge in [-0.25, -0.2) is 0 Å². The normalized spacial score (nSPS) is 9.87. The van der Waals surface area contributed by atoms with Gasteiger partial charge < -0.3 is 21.0 Å². The summed E-state index contributed by atoms with van der Waals surface area (Å²) in [4.78, 5) is 10.9. The smallest absolute Gasteiger partial charge is 0.286 e. The number of anilines is 1. The molecule has 0 unspecified atom stereocenters. The number of nitrogens with two attached hydrogens (primary N) is 2. The molecule has 0 bridgehead atoms. The monoisotopic (exact) mass is 272 g/mol. The Labute approximate surface area is 95.4 Å². The number of phenolic OH excluding ortho intramolecular Hbond substituents is 1. The molecule has 2 rings (SSSR count). The van der Waals surface area contributed by atoms with Crippen LogP contribution >= 0.6 is 17.0 Å². The first-order chi connectivity index (χ1) is 6.61. The minimum Gasteiger partial charge on any atom is -0.504 e. The number of furan rings is 1. The number of fused-ring (bicyclic) bond motifs is 1. The van der Waals surface area contributed by atoms with Crippen LogP contribution in [0.5, 0.6) is 5.75 Å². The Morgan fingerprint density at radius 1 is 1.40 bits per heavy atom. The number of rotatable bonds is 1. The van der Waals surface area contributed by atoms with Crippen molar-refractivity contribution in [3.8, 4) is 5.75 Å². The van der Waals surface area contributed by atoms with Crippen LogP contribution in [0.25, 0.3) is 11.0 Å². The fraction of sp³-hybridized carbons (Fsp3) is 0. The predicted molar refractivity (Wildman–Crippen MR) is 61.1 cm³/mol. The first kappa shape index (κ1) is 11.4. The molecule has 0 saturated heterocycles. The largest absolute Gasteiger partial charge is 0.504 e. The molecule has 80 valence electrons. The number of nitrogen functional groups attached to an aromatic ring is 1. The lowest BCUT2D eigenvalue weighted by Crippen LogP contribution is -2.11. The van der Waals surface area contributed by atoms with Gasteiger partial charge in [-0.1, -0.05) is 6.07 Å². The molecule has 0 saturated carbocycles. The average molecular weight is 273 g/mol. The zero-order valence-corrected chi connectivity index (χ0v) is 9.27. The fourth-order valence-electron chi connectivity index (χ4n) is 1.31. The molecular weight excluding hydrogens is 264 g/mol. The Bertz CT molecular complexity index is 521. The number of benzene rings is 1. The summed E-state index contributed by atoms with van der Waals surface area (Å²) >= 11 is 0. The molecule has 5 N–H and O–H groups in total. The van der Waals surface area contributed by atoms with E-state index in [9.17, 15) is 9.90 Å². The van der Waals surface area contributed by atoms with Gasteiger partial charge in [-0.15, -0.1) is 17.0 Å². The molecular formula is C9H9BrN2O3. The predicted octanol–water partition coefficient (Wildman–Crippen LogP) is 1.40. The van der Waals surface area contributed by atoms with Crippen molar-refractivity contribution in [2.45, 2.75) is 0 Å². The van der Waals surface area contributed by atoms with Gasteiger partial charge in [-0.05, 0) is 12.1 Å². The number of hydrogen-bond donors (Lipinski definition) is 3. The molecule has 6 heteroatoms. The Kier molecular flexibility index (Phi) is 2.90. The number of carbonyl (C=O) groups is 1. The second-order valence-electron chi connectivity index (χ2n) is 2.86. The van der Waals surface area contributed by atoms with E-state index in [-0.39, 0.29) is 39.8 Å². The van der Waals surface area contributed by atoms with Crippen LogP contribution in [0.3, 0.4) is 0 Å². The number of primary amides is 1. The fourth-order valence-corrected chi connectivity index (χ4v) is 1.31. The Balaban J connectivity index is 0.00000112. The first-order valence-electron chi connectivity index (χ1n) is 3.91. The number of hydrogen-bond acceptors (Lipinski definition) is 4. The van der Waals surface area contributed by atoms with E-state index in [0.29, 0.717) is 5.39 Å². The number of para-hydroxylation sites is 1. The maximum absolute atomic E-state index is 10.9. The van der Waals surface area contributed by atoms with Crippen LogP contribution in [0, 0.1) is 0 Å². The van der Waals surface area contributed by atoms with Gasteiger partial charge in [-0.2, -0.15) is 0 Å². The van der Waals surface area contributed by atoms with E-state index in [1.54, 1.807) is 12.1 Å². The van der Waals surface area contributed by atoms with E-state index in [4.69, 9.17) is 15.9 Å². The van der Waals surface area contributed by atoms with Gasteiger partial charge >= 0.3 is 0 Å². The van der Waals surface area contributed by atoms with E-state index in [1.165, 1.54) is 6.07 Å². The molecule has 0 fully saturated rings. The van der Waals surface area contributed by atoms with Crippen LogP contribution < -0.4 is 11.5 Å². The highest BCUT2D eigenvalue weighted by atomic mass is 79.9. The SMILES string of the molecule is Br.NC(=O)c1oc2c(O)cccc2c1N. The highest BCUT2D eigenvalue weighted by Crippen LogP contribution is 2.33. The van der Waals surface area contributed by atoms with Gasteiger partial charge in [0.25, 0.3) is 5.91 Å². The molecule has 15 heavy (non-hydrogen) atoms. The van der Waals surface area contributed by atoms with E-state index < -0.39 is 5.91 Å². The quantitative estimate of drug-likeness (QED) is 0.730. The van der Waals surface area contributed by atoms with Gasteiger partial charge in [0.15, 0.2) is 11.3 Å². The minimum absolute atomic E-state index is 0. The Hall–Kier alpha value is -1.69. The van der Waals surface area contributed by atoms with Gasteiger partial charge in [0.05, 0.1) is 5.69 Å². The summed E-state index contributed by atoms with van der Waals surface area (Å²) in [5, 5.41) is 9.87. The molecule has 1 aromatic carbocycles. The summed E-state index contributed by atoms with van der Waals surface area (Å²) in [7, 11) is 0. The molecule has 0 spiro atoms. The molecule has 0 radical (unpaired) electrons. The van der Waals surface area contributed by atoms with Gasteiger partial charge in [-0.3, -0.25) is 4.79 Å². The number of phenols is 1. The molecule has 1 amide bonds. The molecule has 1 aromatic heterocycles. The van der Waals surface area contributed by atoms with Gasteiger partial charge in [0.1, 0.15) is 0 Å². The van der Waals surface area contributed by atoms with E-state index in [1.807, 2.05) is 0 Å². The first-order valence-corrected chi connectivity index (χ1v) is 3.91. The minimum atomic E-state index is -0.752. The number of carbonyl (C=O) groups excluding carboxylic acids is 1. The van der Waals surface area contributed by atoms with Crippen molar-refractivity contribution in [1.29, 1.82) is 0 Å². The number of amides is 1. The Morgan fingerprint density at radius 3 is 2.60 bits per heavy atom. The second kappa shape index (κ2) is 3.82. The van der Waals surface area contributed by atoms with Crippen LogP contribution in [-0.4, -0.2) is 11.0 Å². The van der Waals surface area contributed by atoms with Crippen LogP contribution in [-0.2, 0) is 0 Å². The standard InChI is InChI=1S/C9H8N2O3.BrH/c10-6-4-2-1-3-5(12)7(4)14-8(6)9(11)13;/h1-3,12H,10H2,(H2,11,13);1H. The third kappa shape index (κ3) is 1.63. The van der Waals surface area contributed by atoms with Crippen molar-refractivity contribution in [2.75, 3.05) is 5.73 Å². The average Bonchev–Trinajstić information content (AvgIpc) is 2.46.